The lowest BCUT2D eigenvalue weighted by molar-refractivity contribution is 0.102. The second kappa shape index (κ2) is 12.0. The zero-order chi connectivity index (χ0) is 24.6. The minimum Gasteiger partial charge on any atom is -0.490 e. The minimum absolute atomic E-state index is 0.210. The van der Waals surface area contributed by atoms with Gasteiger partial charge in [0, 0.05) is 24.3 Å². The van der Waals surface area contributed by atoms with Crippen molar-refractivity contribution in [3.8, 4) is 11.5 Å². The van der Waals surface area contributed by atoms with Crippen molar-refractivity contribution in [2.75, 3.05) is 31.6 Å². The second-order valence-electron chi connectivity index (χ2n) is 8.62. The number of ether oxygens (including phenoxy) is 2. The summed E-state index contributed by atoms with van der Waals surface area (Å²) in [5.74, 6) is 1.19. The lowest BCUT2D eigenvalue weighted by Gasteiger charge is -2.25. The fourth-order valence-electron chi connectivity index (χ4n) is 3.34. The third-order valence-electron chi connectivity index (χ3n) is 4.69. The van der Waals surface area contributed by atoms with Crippen LogP contribution in [0, 0.1) is 11.8 Å². The molecule has 0 bridgehead atoms. The third-order valence-corrected chi connectivity index (χ3v) is 6.54. The molecule has 0 aromatic heterocycles. The molecule has 1 N–H and O–H groups in total. The van der Waals surface area contributed by atoms with Crippen LogP contribution in [0.1, 0.15) is 51.9 Å². The highest BCUT2D eigenvalue weighted by Crippen LogP contribution is 2.29. The summed E-state index contributed by atoms with van der Waals surface area (Å²) in [5, 5.41) is 2.81. The van der Waals surface area contributed by atoms with E-state index in [2.05, 4.69) is 5.32 Å². The van der Waals surface area contributed by atoms with Crippen molar-refractivity contribution in [1.82, 2.24) is 4.31 Å². The fourth-order valence-corrected chi connectivity index (χ4v) is 5.11. The standard InChI is InChI=1S/C25H36N2O5S/c1-7-31-23-14-9-20(15-24(23)32-8-2)25(28)26-21-10-12-22(13-11-21)33(29,30)27(16-18(3)4)17-19(5)6/h9-15,18-19H,7-8,16-17H2,1-6H3,(H,26,28). The molecule has 8 heteroatoms. The first kappa shape index (κ1) is 26.7. The van der Waals surface area contributed by atoms with Crippen LogP contribution in [0.3, 0.4) is 0 Å². The normalized spacial score (nSPS) is 11.8. The SMILES string of the molecule is CCOc1ccc(C(=O)Nc2ccc(S(=O)(=O)N(CC(C)C)CC(C)C)cc2)cc1OCC. The van der Waals surface area contributed by atoms with Crippen LogP contribution in [0.4, 0.5) is 5.69 Å². The van der Waals surface area contributed by atoms with Gasteiger partial charge in [-0.05, 0) is 68.1 Å². The number of nitrogens with one attached hydrogen (secondary N) is 1. The van der Waals surface area contributed by atoms with Gasteiger partial charge in [-0.2, -0.15) is 4.31 Å². The van der Waals surface area contributed by atoms with Crippen molar-refractivity contribution in [2.45, 2.75) is 46.4 Å². The average molecular weight is 477 g/mol. The molecule has 0 fully saturated rings. The fraction of sp³-hybridized carbons (Fsp3) is 0.480. The van der Waals surface area contributed by atoms with Crippen molar-refractivity contribution < 1.29 is 22.7 Å². The van der Waals surface area contributed by atoms with Gasteiger partial charge in [-0.25, -0.2) is 8.42 Å². The van der Waals surface area contributed by atoms with Crippen LogP contribution in [-0.4, -0.2) is 44.9 Å². The minimum atomic E-state index is -3.62. The summed E-state index contributed by atoms with van der Waals surface area (Å²) in [4.78, 5) is 12.9. The van der Waals surface area contributed by atoms with E-state index in [1.165, 1.54) is 16.4 Å². The van der Waals surface area contributed by atoms with E-state index in [0.29, 0.717) is 49.1 Å². The number of anilines is 1. The van der Waals surface area contributed by atoms with Crippen LogP contribution in [0.5, 0.6) is 11.5 Å². The Morgan fingerprint density at radius 1 is 0.879 bits per heavy atom. The van der Waals surface area contributed by atoms with E-state index in [4.69, 9.17) is 9.47 Å². The third kappa shape index (κ3) is 7.47. The van der Waals surface area contributed by atoms with Crippen molar-refractivity contribution in [3.63, 3.8) is 0 Å². The first-order chi connectivity index (χ1) is 15.6. The van der Waals surface area contributed by atoms with Gasteiger partial charge >= 0.3 is 0 Å². The van der Waals surface area contributed by atoms with Gasteiger partial charge in [0.15, 0.2) is 11.5 Å². The highest BCUT2D eigenvalue weighted by Gasteiger charge is 2.26. The van der Waals surface area contributed by atoms with Gasteiger partial charge in [-0.15, -0.1) is 0 Å². The summed E-state index contributed by atoms with van der Waals surface area (Å²) < 4.78 is 39.0. The molecule has 2 aromatic rings. The van der Waals surface area contributed by atoms with Gasteiger partial charge in [0.05, 0.1) is 18.1 Å². The molecule has 0 saturated heterocycles. The summed E-state index contributed by atoms with van der Waals surface area (Å²) >= 11 is 0. The van der Waals surface area contributed by atoms with E-state index in [1.54, 1.807) is 30.3 Å². The van der Waals surface area contributed by atoms with Gasteiger partial charge in [0.25, 0.3) is 5.91 Å². The van der Waals surface area contributed by atoms with Crippen molar-refractivity contribution in [1.29, 1.82) is 0 Å². The maximum absolute atomic E-state index is 13.2. The Bertz CT molecular complexity index is 1010. The topological polar surface area (TPSA) is 84.9 Å². The molecule has 0 aliphatic heterocycles. The monoisotopic (exact) mass is 476 g/mol. The zero-order valence-electron chi connectivity index (χ0n) is 20.4. The van der Waals surface area contributed by atoms with Crippen LogP contribution < -0.4 is 14.8 Å². The molecule has 2 rings (SSSR count). The number of hydrogen-bond acceptors (Lipinski definition) is 5. The summed E-state index contributed by atoms with van der Waals surface area (Å²) in [6, 6.07) is 11.3. The summed E-state index contributed by atoms with van der Waals surface area (Å²) in [7, 11) is -3.62. The molecular formula is C25H36N2O5S. The van der Waals surface area contributed by atoms with Crippen LogP contribution in [-0.2, 0) is 10.0 Å². The van der Waals surface area contributed by atoms with E-state index in [1.807, 2.05) is 41.5 Å². The molecule has 182 valence electrons. The number of carbonyl (C=O) groups is 1. The van der Waals surface area contributed by atoms with Gasteiger partial charge in [-0.1, -0.05) is 27.7 Å². The van der Waals surface area contributed by atoms with E-state index >= 15 is 0 Å². The van der Waals surface area contributed by atoms with Crippen molar-refractivity contribution in [3.05, 3.63) is 48.0 Å². The molecule has 0 saturated carbocycles. The van der Waals surface area contributed by atoms with E-state index in [-0.39, 0.29) is 22.6 Å². The van der Waals surface area contributed by atoms with Crippen LogP contribution >= 0.6 is 0 Å². The van der Waals surface area contributed by atoms with Crippen molar-refractivity contribution >= 4 is 21.6 Å². The second-order valence-corrected chi connectivity index (χ2v) is 10.6. The molecule has 0 spiro atoms. The smallest absolute Gasteiger partial charge is 0.255 e. The average Bonchev–Trinajstić information content (AvgIpc) is 2.74. The molecule has 1 amide bonds. The lowest BCUT2D eigenvalue weighted by Crippen LogP contribution is -2.37. The Morgan fingerprint density at radius 3 is 1.94 bits per heavy atom. The van der Waals surface area contributed by atoms with Crippen LogP contribution in [0.15, 0.2) is 47.4 Å². The van der Waals surface area contributed by atoms with Gasteiger partial charge in [0.1, 0.15) is 0 Å². The number of carbonyl (C=O) groups excluding carboxylic acids is 1. The van der Waals surface area contributed by atoms with Gasteiger partial charge < -0.3 is 14.8 Å². The highest BCUT2D eigenvalue weighted by atomic mass is 32.2. The number of sulfonamides is 1. The molecule has 0 aliphatic carbocycles. The molecule has 0 radical (unpaired) electrons. The Hall–Kier alpha value is -2.58. The molecule has 7 nitrogen and oxygen atoms in total. The number of hydrogen-bond donors (Lipinski definition) is 1. The predicted octanol–water partition coefficient (Wildman–Crippen LogP) is 5.04. The molecule has 0 unspecified atom stereocenters. The predicted molar refractivity (Wildman–Crippen MR) is 132 cm³/mol. The molecule has 0 atom stereocenters. The number of rotatable bonds is 12. The first-order valence-electron chi connectivity index (χ1n) is 11.4. The highest BCUT2D eigenvalue weighted by molar-refractivity contribution is 7.89. The summed E-state index contributed by atoms with van der Waals surface area (Å²) in [6.45, 7) is 13.6. The molecule has 0 aliphatic rings. The maximum atomic E-state index is 13.2. The zero-order valence-corrected chi connectivity index (χ0v) is 21.2. The van der Waals surface area contributed by atoms with E-state index < -0.39 is 10.0 Å². The molecule has 33 heavy (non-hydrogen) atoms. The Kier molecular flexibility index (Phi) is 9.73. The van der Waals surface area contributed by atoms with E-state index in [9.17, 15) is 13.2 Å². The van der Waals surface area contributed by atoms with Gasteiger partial charge in [-0.3, -0.25) is 4.79 Å². The molecular weight excluding hydrogens is 440 g/mol. The number of amides is 1. The van der Waals surface area contributed by atoms with Crippen LogP contribution in [0.2, 0.25) is 0 Å². The number of benzene rings is 2. The lowest BCUT2D eigenvalue weighted by atomic mass is 10.2. The largest absolute Gasteiger partial charge is 0.490 e. The Labute approximate surface area is 198 Å². The number of nitrogens with zero attached hydrogens (tertiary/aromatic N) is 1. The first-order valence-corrected chi connectivity index (χ1v) is 12.8. The van der Waals surface area contributed by atoms with Crippen LogP contribution in [0.25, 0.3) is 0 Å². The summed E-state index contributed by atoms with van der Waals surface area (Å²) in [5.41, 5.74) is 0.920. The van der Waals surface area contributed by atoms with Crippen molar-refractivity contribution in [2.24, 2.45) is 11.8 Å². The summed E-state index contributed by atoms with van der Waals surface area (Å²) in [6.07, 6.45) is 0. The van der Waals surface area contributed by atoms with Gasteiger partial charge in [0.2, 0.25) is 10.0 Å². The quantitative estimate of drug-likeness (QED) is 0.464. The molecule has 0 heterocycles. The molecule has 2 aromatic carbocycles. The Balaban J connectivity index is 2.19. The Morgan fingerprint density at radius 2 is 1.42 bits per heavy atom. The maximum Gasteiger partial charge on any atom is 0.255 e. The van der Waals surface area contributed by atoms with E-state index in [0.717, 1.165) is 0 Å².